The number of anilines is 1. The minimum Gasteiger partial charge on any atom is -0.378 e. The van der Waals surface area contributed by atoms with Crippen LogP contribution in [0.3, 0.4) is 0 Å². The maximum atomic E-state index is 11.1. The summed E-state index contributed by atoms with van der Waals surface area (Å²) in [5.74, 6) is 0. The molecule has 0 saturated carbocycles. The Morgan fingerprint density at radius 3 is 2.95 bits per heavy atom. The maximum Gasteiger partial charge on any atom is 0.304 e. The van der Waals surface area contributed by atoms with E-state index in [1.807, 2.05) is 0 Å². The second-order valence-electron chi connectivity index (χ2n) is 4.32. The predicted molar refractivity (Wildman–Crippen MR) is 80.7 cm³/mol. The maximum absolute atomic E-state index is 11.1. The average Bonchev–Trinajstić information content (AvgIpc) is 2.90. The quantitative estimate of drug-likeness (QED) is 0.569. The number of nitrogens with one attached hydrogen (secondary N) is 2. The molecule has 106 valence electrons. The normalized spacial score (nSPS) is 10.7. The van der Waals surface area contributed by atoms with E-state index in [1.165, 1.54) is 6.07 Å². The summed E-state index contributed by atoms with van der Waals surface area (Å²) in [5.41, 5.74) is 1.99. The van der Waals surface area contributed by atoms with Crippen molar-refractivity contribution >= 4 is 33.6 Å². The molecular weight excluding hydrogens is 292 g/mol. The monoisotopic (exact) mass is 302 g/mol. The van der Waals surface area contributed by atoms with Gasteiger partial charge in [-0.05, 0) is 18.2 Å². The topological polar surface area (TPSA) is 101 Å². The number of aromatic amines is 1. The summed E-state index contributed by atoms with van der Waals surface area (Å²) in [4.78, 5) is 28.5. The number of rotatable bonds is 4. The summed E-state index contributed by atoms with van der Waals surface area (Å²) < 4.78 is 0. The smallest absolute Gasteiger partial charge is 0.304 e. The van der Waals surface area contributed by atoms with Crippen LogP contribution in [0.1, 0.15) is 5.69 Å². The Hall–Kier alpha value is -2.74. The van der Waals surface area contributed by atoms with Crippen molar-refractivity contribution in [1.82, 2.24) is 9.97 Å². The zero-order chi connectivity index (χ0) is 14.8. The zero-order valence-electron chi connectivity index (χ0n) is 10.7. The SMILES string of the molecule is O=c1[nH]c(CNc2ccc([N+](=O)[O-])c3cccnc23)cs1. The summed E-state index contributed by atoms with van der Waals surface area (Å²) in [5, 5.41) is 16.4. The van der Waals surface area contributed by atoms with E-state index in [1.54, 1.807) is 29.8 Å². The van der Waals surface area contributed by atoms with Gasteiger partial charge in [-0.3, -0.25) is 19.9 Å². The number of hydrogen-bond donors (Lipinski definition) is 2. The van der Waals surface area contributed by atoms with Crippen LogP contribution < -0.4 is 10.2 Å². The largest absolute Gasteiger partial charge is 0.378 e. The highest BCUT2D eigenvalue weighted by molar-refractivity contribution is 7.07. The molecule has 21 heavy (non-hydrogen) atoms. The van der Waals surface area contributed by atoms with E-state index in [9.17, 15) is 14.9 Å². The van der Waals surface area contributed by atoms with E-state index in [2.05, 4.69) is 15.3 Å². The predicted octanol–water partition coefficient (Wildman–Crippen LogP) is 2.50. The van der Waals surface area contributed by atoms with Gasteiger partial charge >= 0.3 is 4.87 Å². The first-order chi connectivity index (χ1) is 10.1. The molecule has 0 radical (unpaired) electrons. The molecule has 8 heteroatoms. The van der Waals surface area contributed by atoms with Crippen molar-refractivity contribution in [2.75, 3.05) is 5.32 Å². The Kier molecular flexibility index (Phi) is 3.36. The average molecular weight is 302 g/mol. The van der Waals surface area contributed by atoms with Gasteiger partial charge in [-0.1, -0.05) is 11.3 Å². The van der Waals surface area contributed by atoms with E-state index in [0.29, 0.717) is 23.1 Å². The first kappa shape index (κ1) is 13.3. The van der Waals surface area contributed by atoms with Crippen LogP contribution in [0.4, 0.5) is 11.4 Å². The molecule has 0 spiro atoms. The van der Waals surface area contributed by atoms with Crippen LogP contribution in [0.25, 0.3) is 10.9 Å². The lowest BCUT2D eigenvalue weighted by atomic mass is 10.1. The van der Waals surface area contributed by atoms with Gasteiger partial charge in [0.15, 0.2) is 0 Å². The number of fused-ring (bicyclic) bond motifs is 1. The third-order valence-corrected chi connectivity index (χ3v) is 3.70. The Bertz CT molecular complexity index is 871. The fourth-order valence-corrected chi connectivity index (χ4v) is 2.63. The van der Waals surface area contributed by atoms with Gasteiger partial charge in [0.1, 0.15) is 5.52 Å². The number of H-pyrrole nitrogens is 1. The lowest BCUT2D eigenvalue weighted by Gasteiger charge is -2.08. The van der Waals surface area contributed by atoms with Crippen molar-refractivity contribution < 1.29 is 4.92 Å². The highest BCUT2D eigenvalue weighted by Gasteiger charge is 2.14. The number of nitro benzene ring substituents is 1. The summed E-state index contributed by atoms with van der Waals surface area (Å²) >= 11 is 1.09. The molecule has 0 amide bonds. The summed E-state index contributed by atoms with van der Waals surface area (Å²) in [6.45, 7) is 0.419. The number of nitrogens with zero attached hydrogens (tertiary/aromatic N) is 2. The molecule has 0 saturated heterocycles. The van der Waals surface area contributed by atoms with Crippen LogP contribution >= 0.6 is 11.3 Å². The van der Waals surface area contributed by atoms with E-state index in [-0.39, 0.29) is 10.6 Å². The first-order valence-corrected chi connectivity index (χ1v) is 6.96. The summed E-state index contributed by atoms with van der Waals surface area (Å²) in [7, 11) is 0. The lowest BCUT2D eigenvalue weighted by Crippen LogP contribution is -2.04. The Morgan fingerprint density at radius 2 is 2.24 bits per heavy atom. The molecule has 7 nitrogen and oxygen atoms in total. The summed E-state index contributed by atoms with van der Waals surface area (Å²) in [6.07, 6.45) is 1.59. The van der Waals surface area contributed by atoms with Gasteiger partial charge in [-0.25, -0.2) is 0 Å². The van der Waals surface area contributed by atoms with Crippen molar-refractivity contribution in [2.45, 2.75) is 6.54 Å². The molecule has 2 aromatic heterocycles. The van der Waals surface area contributed by atoms with Crippen molar-refractivity contribution in [2.24, 2.45) is 0 Å². The molecule has 0 aliphatic carbocycles. The fourth-order valence-electron chi connectivity index (χ4n) is 2.05. The van der Waals surface area contributed by atoms with Gasteiger partial charge in [-0.2, -0.15) is 0 Å². The van der Waals surface area contributed by atoms with Crippen LogP contribution in [0.2, 0.25) is 0 Å². The number of benzene rings is 1. The molecular formula is C13H10N4O3S. The zero-order valence-corrected chi connectivity index (χ0v) is 11.5. The van der Waals surface area contributed by atoms with E-state index < -0.39 is 4.92 Å². The molecule has 0 aliphatic heterocycles. The fraction of sp³-hybridized carbons (Fsp3) is 0.0769. The van der Waals surface area contributed by atoms with Crippen molar-refractivity contribution in [1.29, 1.82) is 0 Å². The first-order valence-electron chi connectivity index (χ1n) is 6.08. The van der Waals surface area contributed by atoms with Crippen LogP contribution in [0.15, 0.2) is 40.6 Å². The van der Waals surface area contributed by atoms with E-state index in [0.717, 1.165) is 17.0 Å². The number of non-ortho nitro benzene ring substituents is 1. The number of pyridine rings is 1. The molecule has 0 atom stereocenters. The van der Waals surface area contributed by atoms with Gasteiger partial charge < -0.3 is 10.3 Å². The molecule has 0 unspecified atom stereocenters. The van der Waals surface area contributed by atoms with Gasteiger partial charge in [0, 0.05) is 23.3 Å². The number of aromatic nitrogens is 2. The second-order valence-corrected chi connectivity index (χ2v) is 5.16. The van der Waals surface area contributed by atoms with Crippen LogP contribution in [-0.2, 0) is 6.54 Å². The van der Waals surface area contributed by atoms with Crippen LogP contribution in [0.5, 0.6) is 0 Å². The Labute approximate surface area is 122 Å². The molecule has 0 aliphatic rings. The molecule has 2 N–H and O–H groups in total. The number of nitro groups is 1. The molecule has 3 aromatic rings. The van der Waals surface area contributed by atoms with Gasteiger partial charge in [-0.15, -0.1) is 0 Å². The van der Waals surface area contributed by atoms with Crippen LogP contribution in [0, 0.1) is 10.1 Å². The molecule has 0 bridgehead atoms. The molecule has 3 rings (SSSR count). The Morgan fingerprint density at radius 1 is 1.38 bits per heavy atom. The second kappa shape index (κ2) is 5.33. The lowest BCUT2D eigenvalue weighted by molar-refractivity contribution is -0.383. The van der Waals surface area contributed by atoms with Crippen molar-refractivity contribution in [3.8, 4) is 0 Å². The van der Waals surface area contributed by atoms with E-state index in [4.69, 9.17) is 0 Å². The number of hydrogen-bond acceptors (Lipinski definition) is 6. The molecule has 2 heterocycles. The van der Waals surface area contributed by atoms with Crippen molar-refractivity contribution in [3.63, 3.8) is 0 Å². The third kappa shape index (κ3) is 2.61. The van der Waals surface area contributed by atoms with Gasteiger partial charge in [0.05, 0.1) is 22.5 Å². The minimum atomic E-state index is -0.426. The highest BCUT2D eigenvalue weighted by Crippen LogP contribution is 2.29. The van der Waals surface area contributed by atoms with Gasteiger partial charge in [0.2, 0.25) is 0 Å². The Balaban J connectivity index is 1.97. The molecule has 1 aromatic carbocycles. The van der Waals surface area contributed by atoms with E-state index >= 15 is 0 Å². The van der Waals surface area contributed by atoms with Crippen molar-refractivity contribution in [3.05, 3.63) is 61.3 Å². The number of thiazole rings is 1. The third-order valence-electron chi connectivity index (χ3n) is 2.98. The van der Waals surface area contributed by atoms with Gasteiger partial charge in [0.25, 0.3) is 5.69 Å². The standard InChI is InChI=1S/C13H10N4O3S/c18-13-16-8(7-21-13)6-15-10-3-4-11(17(19)20)9-2-1-5-14-12(9)10/h1-5,7,15H,6H2,(H,16,18). The summed E-state index contributed by atoms with van der Waals surface area (Å²) in [6, 6.07) is 6.40. The van der Waals surface area contributed by atoms with Crippen LogP contribution in [-0.4, -0.2) is 14.9 Å². The highest BCUT2D eigenvalue weighted by atomic mass is 32.1. The molecule has 0 fully saturated rings. The minimum absolute atomic E-state index is 0.0209.